The highest BCUT2D eigenvalue weighted by Gasteiger charge is 2.23. The van der Waals surface area contributed by atoms with E-state index in [4.69, 9.17) is 27.9 Å². The van der Waals surface area contributed by atoms with Crippen molar-refractivity contribution >= 4 is 41.3 Å². The Hall–Kier alpha value is -1.26. The van der Waals surface area contributed by atoms with Crippen molar-refractivity contribution in [3.63, 3.8) is 0 Å². The van der Waals surface area contributed by atoms with Crippen molar-refractivity contribution in [2.45, 2.75) is 26.4 Å². The number of benzene rings is 1. The van der Waals surface area contributed by atoms with Crippen molar-refractivity contribution < 1.29 is 14.3 Å². The van der Waals surface area contributed by atoms with Gasteiger partial charge in [0.2, 0.25) is 6.29 Å². The largest absolute Gasteiger partial charge is 0.443 e. The molecule has 1 rings (SSSR count). The first kappa shape index (κ1) is 15.8. The zero-order valence-electron chi connectivity index (χ0n) is 10.9. The molecule has 0 saturated carbocycles. The minimum absolute atomic E-state index is 0.243. The van der Waals surface area contributed by atoms with E-state index in [1.807, 2.05) is 0 Å². The summed E-state index contributed by atoms with van der Waals surface area (Å²) in [5, 5.41) is 0.656. The Kier molecular flexibility index (Phi) is 5.20. The Morgan fingerprint density at radius 1 is 1.32 bits per heavy atom. The topological polar surface area (TPSA) is 46.6 Å². The highest BCUT2D eigenvalue weighted by atomic mass is 35.5. The lowest BCUT2D eigenvalue weighted by molar-refractivity contribution is 0.0585. The number of ether oxygens (including phenoxy) is 1. The molecular weight excluding hydrogens is 289 g/mol. The molecule has 0 N–H and O–H groups in total. The van der Waals surface area contributed by atoms with E-state index in [0.29, 0.717) is 15.7 Å². The van der Waals surface area contributed by atoms with Gasteiger partial charge in [-0.1, -0.05) is 23.2 Å². The molecule has 1 aromatic carbocycles. The molecule has 1 radical (unpaired) electrons. The van der Waals surface area contributed by atoms with Crippen LogP contribution in [0.5, 0.6) is 0 Å². The Morgan fingerprint density at radius 2 is 1.95 bits per heavy atom. The summed E-state index contributed by atoms with van der Waals surface area (Å²) < 4.78 is 5.21. The number of carbonyl (C=O) groups excluding carboxylic acids is 2. The van der Waals surface area contributed by atoms with Crippen molar-refractivity contribution in [2.75, 3.05) is 11.4 Å². The molecule has 1 amide bonds. The molecule has 19 heavy (non-hydrogen) atoms. The maximum Gasteiger partial charge on any atom is 0.415 e. The fourth-order valence-corrected chi connectivity index (χ4v) is 1.59. The van der Waals surface area contributed by atoms with Gasteiger partial charge in [0, 0.05) is 5.69 Å². The normalized spacial score (nSPS) is 11.0. The van der Waals surface area contributed by atoms with Crippen LogP contribution in [-0.2, 0) is 9.53 Å². The van der Waals surface area contributed by atoms with Crippen LogP contribution in [0.4, 0.5) is 10.5 Å². The maximum atomic E-state index is 12.0. The molecule has 0 fully saturated rings. The highest BCUT2D eigenvalue weighted by Crippen LogP contribution is 2.27. The van der Waals surface area contributed by atoms with Gasteiger partial charge in [-0.15, -0.1) is 0 Å². The number of hydrogen-bond acceptors (Lipinski definition) is 3. The zero-order valence-corrected chi connectivity index (χ0v) is 12.4. The monoisotopic (exact) mass is 302 g/mol. The van der Waals surface area contributed by atoms with Gasteiger partial charge in [0.05, 0.1) is 16.6 Å². The predicted molar refractivity (Wildman–Crippen MR) is 75.7 cm³/mol. The minimum Gasteiger partial charge on any atom is -0.443 e. The van der Waals surface area contributed by atoms with Gasteiger partial charge in [0.25, 0.3) is 0 Å². The summed E-state index contributed by atoms with van der Waals surface area (Å²) in [5.74, 6) is 0. The second-order valence-electron chi connectivity index (χ2n) is 4.81. The van der Waals surface area contributed by atoms with Crippen LogP contribution in [0.25, 0.3) is 0 Å². The van der Waals surface area contributed by atoms with Crippen molar-refractivity contribution in [1.82, 2.24) is 0 Å². The van der Waals surface area contributed by atoms with Crippen LogP contribution >= 0.6 is 23.2 Å². The van der Waals surface area contributed by atoms with E-state index < -0.39 is 11.7 Å². The zero-order chi connectivity index (χ0) is 14.6. The van der Waals surface area contributed by atoms with E-state index in [1.54, 1.807) is 39.2 Å². The van der Waals surface area contributed by atoms with Crippen molar-refractivity contribution in [3.05, 3.63) is 28.2 Å². The molecule has 0 aliphatic heterocycles. The third-order valence-corrected chi connectivity index (χ3v) is 2.79. The van der Waals surface area contributed by atoms with Gasteiger partial charge in [0.1, 0.15) is 5.60 Å². The average Bonchev–Trinajstić information content (AvgIpc) is 2.27. The SMILES string of the molecule is CC(C)(C)OC(=O)N(C[C]=O)c1ccc(Cl)c(Cl)c1. The van der Waals surface area contributed by atoms with E-state index >= 15 is 0 Å². The second-order valence-corrected chi connectivity index (χ2v) is 5.62. The first-order chi connectivity index (χ1) is 8.74. The Morgan fingerprint density at radius 3 is 2.42 bits per heavy atom. The molecule has 0 aliphatic carbocycles. The molecule has 0 saturated heterocycles. The van der Waals surface area contributed by atoms with Crippen LogP contribution in [0, 0.1) is 0 Å². The smallest absolute Gasteiger partial charge is 0.415 e. The van der Waals surface area contributed by atoms with Gasteiger partial charge in [0.15, 0.2) is 0 Å². The molecule has 0 aromatic heterocycles. The van der Waals surface area contributed by atoms with Gasteiger partial charge in [-0.2, -0.15) is 0 Å². The number of halogens is 2. The number of anilines is 1. The summed E-state index contributed by atoms with van der Waals surface area (Å²) in [7, 11) is 0. The molecule has 0 aliphatic rings. The Bertz CT molecular complexity index is 483. The van der Waals surface area contributed by atoms with Gasteiger partial charge >= 0.3 is 6.09 Å². The molecule has 103 valence electrons. The molecule has 1 aromatic rings. The lowest BCUT2D eigenvalue weighted by atomic mass is 10.2. The summed E-state index contributed by atoms with van der Waals surface area (Å²) in [5.41, 5.74) is -0.235. The second kappa shape index (κ2) is 6.26. The van der Waals surface area contributed by atoms with E-state index in [1.165, 1.54) is 6.07 Å². The Labute approximate surface area is 122 Å². The number of nitrogens with zero attached hydrogens (tertiary/aromatic N) is 1. The summed E-state index contributed by atoms with van der Waals surface area (Å²) in [4.78, 5) is 23.7. The molecule has 0 spiro atoms. The highest BCUT2D eigenvalue weighted by molar-refractivity contribution is 6.42. The van der Waals surface area contributed by atoms with E-state index in [2.05, 4.69) is 0 Å². The van der Waals surface area contributed by atoms with Gasteiger partial charge in [-0.25, -0.2) is 4.79 Å². The van der Waals surface area contributed by atoms with Gasteiger partial charge < -0.3 is 4.74 Å². The molecular formula is C13H14Cl2NO3. The molecule has 0 unspecified atom stereocenters. The third kappa shape index (κ3) is 4.73. The van der Waals surface area contributed by atoms with Crippen molar-refractivity contribution in [3.8, 4) is 0 Å². The van der Waals surface area contributed by atoms with Crippen LogP contribution < -0.4 is 4.90 Å². The van der Waals surface area contributed by atoms with Gasteiger partial charge in [-0.3, -0.25) is 9.69 Å². The minimum atomic E-state index is -0.658. The number of carbonyl (C=O) groups is 1. The van der Waals surface area contributed by atoms with Crippen LogP contribution in [0.15, 0.2) is 18.2 Å². The quantitative estimate of drug-likeness (QED) is 0.852. The Balaban J connectivity index is 3.02. The first-order valence-electron chi connectivity index (χ1n) is 5.55. The predicted octanol–water partition coefficient (Wildman–Crippen LogP) is 3.84. The maximum absolute atomic E-state index is 12.0. The lowest BCUT2D eigenvalue weighted by Crippen LogP contribution is -2.38. The lowest BCUT2D eigenvalue weighted by Gasteiger charge is -2.26. The van der Waals surface area contributed by atoms with Crippen LogP contribution in [0.3, 0.4) is 0 Å². The summed E-state index contributed by atoms with van der Waals surface area (Å²) in [6, 6.07) is 4.61. The average molecular weight is 303 g/mol. The summed E-state index contributed by atoms with van der Waals surface area (Å²) >= 11 is 11.7. The standard InChI is InChI=1S/C13H14Cl2NO3/c1-13(2,3)19-12(18)16(6-7-17)9-4-5-10(14)11(15)8-9/h4-5,8H,6H2,1-3H3. The van der Waals surface area contributed by atoms with E-state index in [9.17, 15) is 9.59 Å². The van der Waals surface area contributed by atoms with Crippen LogP contribution in [-0.4, -0.2) is 24.5 Å². The van der Waals surface area contributed by atoms with Gasteiger partial charge in [-0.05, 0) is 39.0 Å². The van der Waals surface area contributed by atoms with Crippen molar-refractivity contribution in [1.29, 1.82) is 0 Å². The fraction of sp³-hybridized carbons (Fsp3) is 0.385. The van der Waals surface area contributed by atoms with E-state index in [-0.39, 0.29) is 6.54 Å². The van der Waals surface area contributed by atoms with Crippen LogP contribution in [0.1, 0.15) is 20.8 Å². The number of amides is 1. The molecule has 0 heterocycles. The molecule has 4 nitrogen and oxygen atoms in total. The van der Waals surface area contributed by atoms with Crippen molar-refractivity contribution in [2.24, 2.45) is 0 Å². The third-order valence-electron chi connectivity index (χ3n) is 2.05. The molecule has 6 heteroatoms. The summed E-state index contributed by atoms with van der Waals surface area (Å²) in [6.07, 6.45) is 1.02. The molecule has 0 bridgehead atoms. The summed E-state index contributed by atoms with van der Waals surface area (Å²) in [6.45, 7) is 4.97. The number of hydrogen-bond donors (Lipinski definition) is 0. The van der Waals surface area contributed by atoms with Crippen LogP contribution in [0.2, 0.25) is 10.0 Å². The fourth-order valence-electron chi connectivity index (χ4n) is 1.30. The first-order valence-corrected chi connectivity index (χ1v) is 6.31. The van der Waals surface area contributed by atoms with E-state index in [0.717, 1.165) is 4.90 Å². The number of rotatable bonds is 3. The molecule has 0 atom stereocenters.